The van der Waals surface area contributed by atoms with Crippen molar-refractivity contribution in [3.63, 3.8) is 0 Å². The van der Waals surface area contributed by atoms with Gasteiger partial charge < -0.3 is 5.73 Å². The van der Waals surface area contributed by atoms with Crippen LogP contribution < -0.4 is 5.73 Å². The van der Waals surface area contributed by atoms with Crippen LogP contribution in [0.15, 0.2) is 18.2 Å². The molecule has 0 saturated heterocycles. The van der Waals surface area contributed by atoms with Gasteiger partial charge in [0.2, 0.25) is 0 Å². The van der Waals surface area contributed by atoms with Crippen LogP contribution in [0.5, 0.6) is 0 Å². The highest BCUT2D eigenvalue weighted by Gasteiger charge is 2.33. The Bertz CT molecular complexity index is 591. The first-order valence-corrected chi connectivity index (χ1v) is 9.02. The molecule has 2 rings (SSSR count). The van der Waals surface area contributed by atoms with Gasteiger partial charge in [-0.15, -0.1) is 0 Å². The number of halogens is 2. The summed E-state index contributed by atoms with van der Waals surface area (Å²) in [5, 5.41) is -0.305. The second-order valence-electron chi connectivity index (χ2n) is 5.55. The molecule has 2 N–H and O–H groups in total. The van der Waals surface area contributed by atoms with Gasteiger partial charge in [0.15, 0.2) is 0 Å². The highest BCUT2D eigenvalue weighted by atomic mass is 35.5. The zero-order valence-corrected chi connectivity index (χ0v) is 12.9. The van der Waals surface area contributed by atoms with Crippen LogP contribution in [0.2, 0.25) is 5.02 Å². The Hall–Kier alpha value is -0.650. The Balaban J connectivity index is 2.21. The fraction of sp³-hybridized carbons (Fsp3) is 0.571. The molecular weight excluding hydrogens is 301 g/mol. The zero-order valence-electron chi connectivity index (χ0n) is 11.4. The molecule has 1 aliphatic rings. The van der Waals surface area contributed by atoms with Crippen molar-refractivity contribution in [1.82, 2.24) is 0 Å². The summed E-state index contributed by atoms with van der Waals surface area (Å²) in [6.45, 7) is 0. The van der Waals surface area contributed by atoms with Crippen LogP contribution in [-0.4, -0.2) is 19.9 Å². The molecule has 1 aliphatic carbocycles. The lowest BCUT2D eigenvalue weighted by Gasteiger charge is -2.32. The lowest BCUT2D eigenvalue weighted by molar-refractivity contribution is 0.308. The number of benzene rings is 1. The fourth-order valence-corrected chi connectivity index (χ4v) is 4.37. The molecule has 1 aromatic carbocycles. The minimum Gasteiger partial charge on any atom is -0.324 e. The van der Waals surface area contributed by atoms with E-state index in [0.29, 0.717) is 18.4 Å². The lowest BCUT2D eigenvalue weighted by atomic mass is 9.81. The number of rotatable bonds is 3. The van der Waals surface area contributed by atoms with Gasteiger partial charge in [-0.25, -0.2) is 12.8 Å². The van der Waals surface area contributed by atoms with E-state index in [1.165, 1.54) is 12.3 Å². The molecule has 112 valence electrons. The molecule has 1 saturated carbocycles. The van der Waals surface area contributed by atoms with Crippen molar-refractivity contribution in [3.8, 4) is 0 Å². The van der Waals surface area contributed by atoms with Crippen molar-refractivity contribution in [2.45, 2.75) is 37.0 Å². The first-order valence-electron chi connectivity index (χ1n) is 6.69. The van der Waals surface area contributed by atoms with E-state index >= 15 is 0 Å². The fourth-order valence-electron chi connectivity index (χ4n) is 2.93. The Kier molecular flexibility index (Phi) is 4.72. The number of nitrogens with two attached hydrogens (primary N) is 1. The highest BCUT2D eigenvalue weighted by Crippen LogP contribution is 2.38. The van der Waals surface area contributed by atoms with E-state index in [4.69, 9.17) is 17.3 Å². The van der Waals surface area contributed by atoms with Gasteiger partial charge in [-0.05, 0) is 36.8 Å². The van der Waals surface area contributed by atoms with Crippen LogP contribution >= 0.6 is 11.6 Å². The number of hydrogen-bond donors (Lipinski definition) is 1. The highest BCUT2D eigenvalue weighted by molar-refractivity contribution is 7.91. The third-order valence-corrected chi connectivity index (χ3v) is 6.16. The van der Waals surface area contributed by atoms with Gasteiger partial charge in [-0.2, -0.15) is 0 Å². The molecule has 0 spiro atoms. The monoisotopic (exact) mass is 319 g/mol. The average molecular weight is 320 g/mol. The van der Waals surface area contributed by atoms with E-state index in [2.05, 4.69) is 0 Å². The first-order chi connectivity index (χ1) is 9.30. The first kappa shape index (κ1) is 15.7. The molecule has 3 unspecified atom stereocenters. The largest absolute Gasteiger partial charge is 0.324 e. The SMILES string of the molecule is CS(=O)(=O)C1CCCC(C(N)c2cccc(F)c2Cl)C1. The molecule has 20 heavy (non-hydrogen) atoms. The van der Waals surface area contributed by atoms with Crippen molar-refractivity contribution in [1.29, 1.82) is 0 Å². The van der Waals surface area contributed by atoms with Crippen LogP contribution in [0.25, 0.3) is 0 Å². The Morgan fingerprint density at radius 3 is 2.75 bits per heavy atom. The summed E-state index contributed by atoms with van der Waals surface area (Å²) in [6, 6.07) is 4.15. The predicted molar refractivity (Wildman–Crippen MR) is 78.9 cm³/mol. The Morgan fingerprint density at radius 1 is 1.40 bits per heavy atom. The molecule has 0 amide bonds. The molecule has 0 aromatic heterocycles. The average Bonchev–Trinajstić information content (AvgIpc) is 2.40. The lowest BCUT2D eigenvalue weighted by Crippen LogP contribution is -2.33. The second-order valence-corrected chi connectivity index (χ2v) is 8.25. The van der Waals surface area contributed by atoms with E-state index in [-0.39, 0.29) is 16.2 Å². The van der Waals surface area contributed by atoms with Crippen molar-refractivity contribution in [3.05, 3.63) is 34.6 Å². The van der Waals surface area contributed by atoms with Gasteiger partial charge >= 0.3 is 0 Å². The molecule has 0 heterocycles. The smallest absolute Gasteiger partial charge is 0.150 e. The molecule has 0 radical (unpaired) electrons. The van der Waals surface area contributed by atoms with Crippen LogP contribution in [0.3, 0.4) is 0 Å². The van der Waals surface area contributed by atoms with Crippen molar-refractivity contribution >= 4 is 21.4 Å². The number of hydrogen-bond acceptors (Lipinski definition) is 3. The third kappa shape index (κ3) is 3.32. The standard InChI is InChI=1S/C14H19ClFNO2S/c1-20(18,19)10-5-2-4-9(8-10)14(17)11-6-3-7-12(16)13(11)15/h3,6-7,9-10,14H,2,4-5,8,17H2,1H3. The molecule has 0 bridgehead atoms. The third-order valence-electron chi connectivity index (χ3n) is 4.12. The van der Waals surface area contributed by atoms with Gasteiger partial charge in [0.25, 0.3) is 0 Å². The maximum atomic E-state index is 13.5. The summed E-state index contributed by atoms with van der Waals surface area (Å²) >= 11 is 5.96. The maximum Gasteiger partial charge on any atom is 0.150 e. The molecule has 3 atom stereocenters. The summed E-state index contributed by atoms with van der Waals surface area (Å²) < 4.78 is 36.9. The summed E-state index contributed by atoms with van der Waals surface area (Å²) in [7, 11) is -3.06. The maximum absolute atomic E-state index is 13.5. The molecule has 3 nitrogen and oxygen atoms in total. The molecular formula is C14H19ClFNO2S. The summed E-state index contributed by atoms with van der Waals surface area (Å²) in [4.78, 5) is 0. The molecule has 1 aromatic rings. The molecule has 0 aliphatic heterocycles. The van der Waals surface area contributed by atoms with E-state index in [0.717, 1.165) is 12.8 Å². The zero-order chi connectivity index (χ0) is 14.9. The van der Waals surface area contributed by atoms with Crippen LogP contribution in [0, 0.1) is 11.7 Å². The van der Waals surface area contributed by atoms with Gasteiger partial charge in [0.05, 0.1) is 10.3 Å². The van der Waals surface area contributed by atoms with Crippen LogP contribution in [0.4, 0.5) is 4.39 Å². The topological polar surface area (TPSA) is 60.2 Å². The molecule has 6 heteroatoms. The summed E-state index contributed by atoms with van der Waals surface area (Å²) in [6.07, 6.45) is 4.13. The van der Waals surface area contributed by atoms with Crippen LogP contribution in [-0.2, 0) is 9.84 Å². The number of sulfone groups is 1. The summed E-state index contributed by atoms with van der Waals surface area (Å²) in [5.74, 6) is -0.474. The van der Waals surface area contributed by atoms with Gasteiger partial charge in [-0.3, -0.25) is 0 Å². The van der Waals surface area contributed by atoms with Crippen molar-refractivity contribution < 1.29 is 12.8 Å². The van der Waals surface area contributed by atoms with Crippen LogP contribution in [0.1, 0.15) is 37.3 Å². The predicted octanol–water partition coefficient (Wildman–Crippen LogP) is 3.08. The second kappa shape index (κ2) is 6.00. The van der Waals surface area contributed by atoms with Crippen molar-refractivity contribution in [2.75, 3.05) is 6.26 Å². The van der Waals surface area contributed by atoms with E-state index in [1.54, 1.807) is 12.1 Å². The van der Waals surface area contributed by atoms with E-state index in [1.807, 2.05) is 0 Å². The Morgan fingerprint density at radius 2 is 2.10 bits per heavy atom. The van der Waals surface area contributed by atoms with Gasteiger partial charge in [-0.1, -0.05) is 30.2 Å². The van der Waals surface area contributed by atoms with Crippen molar-refractivity contribution in [2.24, 2.45) is 11.7 Å². The quantitative estimate of drug-likeness (QED) is 0.931. The van der Waals surface area contributed by atoms with Gasteiger partial charge in [0, 0.05) is 12.3 Å². The van der Waals surface area contributed by atoms with Gasteiger partial charge in [0.1, 0.15) is 15.7 Å². The van der Waals surface area contributed by atoms with E-state index < -0.39 is 21.7 Å². The normalized spacial score (nSPS) is 25.4. The molecule has 1 fully saturated rings. The summed E-state index contributed by atoms with van der Waals surface area (Å²) in [5.41, 5.74) is 6.76. The minimum atomic E-state index is -3.06. The minimum absolute atomic E-state index is 0.0165. The Labute approximate surface area is 124 Å². The van der Waals surface area contributed by atoms with E-state index in [9.17, 15) is 12.8 Å².